The average molecular weight is 677 g/mol. The van der Waals surface area contributed by atoms with Crippen LogP contribution in [0.1, 0.15) is 33.6 Å². The molecule has 3 heterocycles. The Balaban J connectivity index is 1.13. The summed E-state index contributed by atoms with van der Waals surface area (Å²) in [6.07, 6.45) is 1.79. The van der Waals surface area contributed by atoms with Crippen molar-refractivity contribution in [3.05, 3.63) is 204 Å². The van der Waals surface area contributed by atoms with Gasteiger partial charge in [0.05, 0.1) is 17.0 Å². The Kier molecular flexibility index (Phi) is 8.90. The number of hydrogen-bond donors (Lipinski definition) is 0. The van der Waals surface area contributed by atoms with E-state index in [0.717, 1.165) is 67.3 Å². The molecule has 0 aliphatic heterocycles. The predicted octanol–water partition coefficient (Wildman–Crippen LogP) is 9.50. The van der Waals surface area contributed by atoms with Crippen LogP contribution in [0.3, 0.4) is 0 Å². The van der Waals surface area contributed by atoms with Crippen molar-refractivity contribution in [2.24, 2.45) is 0 Å². The highest BCUT2D eigenvalue weighted by atomic mass is 16.5. The largest absolute Gasteiger partial charge is 0.488 e. The number of hydrogen-bond acceptors (Lipinski definition) is 6. The van der Waals surface area contributed by atoms with Crippen LogP contribution in [0.25, 0.3) is 33.8 Å². The SMILES string of the molecule is Cc1cc(OCc2ccc(-c3ccccc3-c3nnn(C(c4ccccc4)(c4ccccc4)c4ccccc4)n3)cc2)c(-c2ccccn2)c(C)n1. The topological polar surface area (TPSA) is 78.6 Å². The Labute approximate surface area is 303 Å². The second-order valence-electron chi connectivity index (χ2n) is 12.7. The van der Waals surface area contributed by atoms with Crippen LogP contribution in [0.4, 0.5) is 0 Å². The monoisotopic (exact) mass is 676 g/mol. The maximum Gasteiger partial charge on any atom is 0.205 e. The molecular weight excluding hydrogens is 641 g/mol. The number of benzene rings is 5. The molecule has 0 aliphatic rings. The fraction of sp³-hybridized carbons (Fsp3) is 0.0889. The minimum Gasteiger partial charge on any atom is -0.488 e. The summed E-state index contributed by atoms with van der Waals surface area (Å²) in [6, 6.07) is 55.6. The van der Waals surface area contributed by atoms with Crippen LogP contribution < -0.4 is 4.74 Å². The minimum absolute atomic E-state index is 0.404. The van der Waals surface area contributed by atoms with E-state index in [9.17, 15) is 0 Å². The molecule has 8 aromatic rings. The molecule has 7 nitrogen and oxygen atoms in total. The molecule has 0 saturated carbocycles. The molecule has 0 fully saturated rings. The molecule has 8 rings (SSSR count). The van der Waals surface area contributed by atoms with E-state index < -0.39 is 5.54 Å². The normalized spacial score (nSPS) is 11.3. The van der Waals surface area contributed by atoms with E-state index in [0.29, 0.717) is 12.4 Å². The Hall–Kier alpha value is -6.73. The van der Waals surface area contributed by atoms with Gasteiger partial charge in [-0.2, -0.15) is 0 Å². The van der Waals surface area contributed by atoms with Gasteiger partial charge in [0.2, 0.25) is 5.82 Å². The molecule has 52 heavy (non-hydrogen) atoms. The summed E-state index contributed by atoms with van der Waals surface area (Å²) < 4.78 is 6.41. The van der Waals surface area contributed by atoms with Crippen LogP contribution in [-0.2, 0) is 12.1 Å². The number of rotatable bonds is 10. The first kappa shape index (κ1) is 32.5. The highest BCUT2D eigenvalue weighted by Gasteiger charge is 2.41. The van der Waals surface area contributed by atoms with E-state index >= 15 is 0 Å². The highest BCUT2D eigenvalue weighted by molar-refractivity contribution is 5.80. The minimum atomic E-state index is -0.853. The third-order valence-electron chi connectivity index (χ3n) is 9.33. The number of aryl methyl sites for hydroxylation is 2. The smallest absolute Gasteiger partial charge is 0.205 e. The summed E-state index contributed by atoms with van der Waals surface area (Å²) >= 11 is 0. The lowest BCUT2D eigenvalue weighted by atomic mass is 9.77. The Bertz CT molecular complexity index is 2320. The Morgan fingerprint density at radius 1 is 0.615 bits per heavy atom. The molecular formula is C45H36N6O. The molecule has 0 unspecified atom stereocenters. The van der Waals surface area contributed by atoms with Crippen molar-refractivity contribution in [3.63, 3.8) is 0 Å². The van der Waals surface area contributed by atoms with Crippen molar-refractivity contribution in [2.75, 3.05) is 0 Å². The molecule has 0 amide bonds. The zero-order chi connectivity index (χ0) is 35.3. The lowest BCUT2D eigenvalue weighted by Gasteiger charge is -2.34. The van der Waals surface area contributed by atoms with Crippen LogP contribution in [0.15, 0.2) is 170 Å². The van der Waals surface area contributed by atoms with Gasteiger partial charge in [0.25, 0.3) is 0 Å². The van der Waals surface area contributed by atoms with Gasteiger partial charge < -0.3 is 4.74 Å². The van der Waals surface area contributed by atoms with Crippen molar-refractivity contribution in [1.29, 1.82) is 0 Å². The zero-order valence-electron chi connectivity index (χ0n) is 29.0. The first-order valence-corrected chi connectivity index (χ1v) is 17.3. The first-order valence-electron chi connectivity index (χ1n) is 17.3. The van der Waals surface area contributed by atoms with E-state index in [1.807, 2.05) is 68.4 Å². The summed E-state index contributed by atoms with van der Waals surface area (Å²) in [5.41, 5.74) is 9.78. The van der Waals surface area contributed by atoms with Gasteiger partial charge in [-0.05, 0) is 64.6 Å². The van der Waals surface area contributed by atoms with Gasteiger partial charge in [-0.1, -0.05) is 146 Å². The van der Waals surface area contributed by atoms with Crippen molar-refractivity contribution >= 4 is 0 Å². The fourth-order valence-corrected chi connectivity index (χ4v) is 6.95. The molecule has 252 valence electrons. The van der Waals surface area contributed by atoms with E-state index in [1.54, 1.807) is 11.0 Å². The van der Waals surface area contributed by atoms with Crippen LogP contribution in [0, 0.1) is 13.8 Å². The van der Waals surface area contributed by atoms with E-state index in [4.69, 9.17) is 20.1 Å². The van der Waals surface area contributed by atoms with Gasteiger partial charge in [0, 0.05) is 23.5 Å². The molecule has 7 heteroatoms. The van der Waals surface area contributed by atoms with Gasteiger partial charge >= 0.3 is 0 Å². The number of pyridine rings is 2. The first-order chi connectivity index (χ1) is 25.6. The fourth-order valence-electron chi connectivity index (χ4n) is 6.95. The van der Waals surface area contributed by atoms with Crippen LogP contribution in [0.5, 0.6) is 5.75 Å². The molecule has 0 bridgehead atoms. The van der Waals surface area contributed by atoms with Crippen LogP contribution in [0.2, 0.25) is 0 Å². The molecule has 0 spiro atoms. The maximum atomic E-state index is 6.41. The second-order valence-corrected chi connectivity index (χ2v) is 12.7. The van der Waals surface area contributed by atoms with Crippen molar-refractivity contribution in [1.82, 2.24) is 30.2 Å². The van der Waals surface area contributed by atoms with Gasteiger partial charge in [-0.3, -0.25) is 9.97 Å². The average Bonchev–Trinajstić information content (AvgIpc) is 3.69. The molecule has 0 atom stereocenters. The highest BCUT2D eigenvalue weighted by Crippen LogP contribution is 2.40. The van der Waals surface area contributed by atoms with Crippen molar-refractivity contribution in [3.8, 4) is 39.5 Å². The number of tetrazole rings is 1. The number of nitrogens with zero attached hydrogens (tertiary/aromatic N) is 6. The quantitative estimate of drug-likeness (QED) is 0.134. The van der Waals surface area contributed by atoms with Crippen molar-refractivity contribution in [2.45, 2.75) is 26.0 Å². The zero-order valence-corrected chi connectivity index (χ0v) is 29.0. The lowest BCUT2D eigenvalue weighted by molar-refractivity contribution is 0.306. The molecule has 0 N–H and O–H groups in total. The van der Waals surface area contributed by atoms with Gasteiger partial charge in [0.1, 0.15) is 12.4 Å². The predicted molar refractivity (Wildman–Crippen MR) is 205 cm³/mol. The molecule has 5 aromatic carbocycles. The number of ether oxygens (including phenoxy) is 1. The second kappa shape index (κ2) is 14.2. The molecule has 3 aromatic heterocycles. The summed E-state index contributed by atoms with van der Waals surface area (Å²) in [4.78, 5) is 11.0. The van der Waals surface area contributed by atoms with Gasteiger partial charge in [-0.15, -0.1) is 15.0 Å². The molecule has 0 radical (unpaired) electrons. The van der Waals surface area contributed by atoms with E-state index in [2.05, 4.69) is 119 Å². The molecule has 0 aliphatic carbocycles. The molecule has 0 saturated heterocycles. The Morgan fingerprint density at radius 2 is 1.19 bits per heavy atom. The standard InChI is InChI=1S/C45H36N6O/c1-32-30-42(43(33(2)47-32)41-24-14-15-29-46-41)52-31-34-25-27-35(28-26-34)39-22-12-13-23-40(39)44-48-50-51(49-44)45(36-16-6-3-7-17-36,37-18-8-4-9-19-37)38-20-10-5-11-21-38/h3-30H,31H2,1-2H3. The van der Waals surface area contributed by atoms with Gasteiger partial charge in [-0.25, -0.2) is 0 Å². The van der Waals surface area contributed by atoms with Crippen molar-refractivity contribution < 1.29 is 4.74 Å². The summed E-state index contributed by atoms with van der Waals surface area (Å²) in [5, 5.41) is 14.6. The van der Waals surface area contributed by atoms with E-state index in [1.165, 1.54) is 0 Å². The van der Waals surface area contributed by atoms with E-state index in [-0.39, 0.29) is 0 Å². The summed E-state index contributed by atoms with van der Waals surface area (Å²) in [5.74, 6) is 1.31. The van der Waals surface area contributed by atoms with Gasteiger partial charge in [0.15, 0.2) is 5.54 Å². The Morgan fingerprint density at radius 3 is 1.79 bits per heavy atom. The third kappa shape index (κ3) is 6.13. The summed E-state index contributed by atoms with van der Waals surface area (Å²) in [7, 11) is 0. The number of aromatic nitrogens is 6. The maximum absolute atomic E-state index is 6.41. The third-order valence-corrected chi connectivity index (χ3v) is 9.33. The van der Waals surface area contributed by atoms with Crippen LogP contribution >= 0.6 is 0 Å². The summed E-state index contributed by atoms with van der Waals surface area (Å²) in [6.45, 7) is 4.38. The van der Waals surface area contributed by atoms with Crippen LogP contribution in [-0.4, -0.2) is 30.2 Å². The lowest BCUT2D eigenvalue weighted by Crippen LogP contribution is -2.39.